The standard InChI is InChI=1S/C15H16OS/c1-12(2)17(16)15-10-8-14(9-11-15)13-6-4-3-5-7-13/h3-12H,1-2H3. The minimum atomic E-state index is -0.900. The summed E-state index contributed by atoms with van der Waals surface area (Å²) in [7, 11) is -0.900. The Morgan fingerprint density at radius 3 is 1.88 bits per heavy atom. The summed E-state index contributed by atoms with van der Waals surface area (Å²) in [6, 6.07) is 18.2. The average Bonchev–Trinajstić information content (AvgIpc) is 2.39. The lowest BCUT2D eigenvalue weighted by molar-refractivity contribution is 0.677. The summed E-state index contributed by atoms with van der Waals surface area (Å²) in [6.07, 6.45) is 0. The van der Waals surface area contributed by atoms with Crippen LogP contribution in [0.2, 0.25) is 0 Å². The second-order valence-electron chi connectivity index (χ2n) is 4.24. The predicted octanol–water partition coefficient (Wildman–Crippen LogP) is 3.87. The van der Waals surface area contributed by atoms with Crippen LogP contribution < -0.4 is 0 Å². The highest BCUT2D eigenvalue weighted by molar-refractivity contribution is 7.85. The van der Waals surface area contributed by atoms with Crippen LogP contribution in [0.3, 0.4) is 0 Å². The van der Waals surface area contributed by atoms with Gasteiger partial charge in [0.2, 0.25) is 0 Å². The van der Waals surface area contributed by atoms with Crippen molar-refractivity contribution in [1.29, 1.82) is 0 Å². The number of rotatable bonds is 3. The fourth-order valence-corrected chi connectivity index (χ4v) is 2.63. The summed E-state index contributed by atoms with van der Waals surface area (Å²) in [5.41, 5.74) is 2.35. The summed E-state index contributed by atoms with van der Waals surface area (Å²) < 4.78 is 11.9. The van der Waals surface area contributed by atoms with Crippen LogP contribution in [0.15, 0.2) is 59.5 Å². The third kappa shape index (κ3) is 2.83. The first-order valence-electron chi connectivity index (χ1n) is 5.74. The molecule has 0 aliphatic heterocycles. The monoisotopic (exact) mass is 244 g/mol. The highest BCUT2D eigenvalue weighted by Gasteiger charge is 2.07. The molecule has 1 unspecified atom stereocenters. The van der Waals surface area contributed by atoms with Crippen molar-refractivity contribution in [3.63, 3.8) is 0 Å². The molecule has 88 valence electrons. The summed E-state index contributed by atoms with van der Waals surface area (Å²) in [5.74, 6) is 0. The molecule has 0 heterocycles. The third-order valence-corrected chi connectivity index (χ3v) is 4.21. The van der Waals surface area contributed by atoms with Crippen LogP contribution in [0.25, 0.3) is 11.1 Å². The Morgan fingerprint density at radius 2 is 1.35 bits per heavy atom. The van der Waals surface area contributed by atoms with Crippen molar-refractivity contribution in [2.45, 2.75) is 24.0 Å². The molecule has 0 bridgehead atoms. The maximum Gasteiger partial charge on any atom is 0.0555 e. The molecule has 0 fully saturated rings. The summed E-state index contributed by atoms with van der Waals surface area (Å²) >= 11 is 0. The van der Waals surface area contributed by atoms with Gasteiger partial charge in [-0.15, -0.1) is 0 Å². The van der Waals surface area contributed by atoms with Crippen molar-refractivity contribution in [2.75, 3.05) is 0 Å². The molecular formula is C15H16OS. The van der Waals surface area contributed by atoms with Crippen molar-refractivity contribution < 1.29 is 4.21 Å². The molecule has 17 heavy (non-hydrogen) atoms. The van der Waals surface area contributed by atoms with Gasteiger partial charge in [0.1, 0.15) is 0 Å². The lowest BCUT2D eigenvalue weighted by Crippen LogP contribution is -2.05. The summed E-state index contributed by atoms with van der Waals surface area (Å²) in [6.45, 7) is 3.95. The molecule has 1 atom stereocenters. The molecule has 1 nitrogen and oxygen atoms in total. The van der Waals surface area contributed by atoms with Crippen molar-refractivity contribution in [2.24, 2.45) is 0 Å². The predicted molar refractivity (Wildman–Crippen MR) is 73.4 cm³/mol. The van der Waals surface area contributed by atoms with Gasteiger partial charge in [-0.25, -0.2) is 0 Å². The maximum atomic E-state index is 11.9. The van der Waals surface area contributed by atoms with Crippen LogP contribution in [0.5, 0.6) is 0 Å². The van der Waals surface area contributed by atoms with E-state index in [-0.39, 0.29) is 5.25 Å². The number of hydrogen-bond donors (Lipinski definition) is 0. The molecule has 0 saturated heterocycles. The van der Waals surface area contributed by atoms with E-state index in [2.05, 4.69) is 12.1 Å². The highest BCUT2D eigenvalue weighted by Crippen LogP contribution is 2.21. The number of hydrogen-bond acceptors (Lipinski definition) is 1. The molecule has 2 aromatic carbocycles. The van der Waals surface area contributed by atoms with Crippen LogP contribution in [0, 0.1) is 0 Å². The van der Waals surface area contributed by atoms with Gasteiger partial charge in [0.25, 0.3) is 0 Å². The third-order valence-electron chi connectivity index (χ3n) is 2.62. The minimum absolute atomic E-state index is 0.164. The van der Waals surface area contributed by atoms with Crippen molar-refractivity contribution in [3.05, 3.63) is 54.6 Å². The van der Waals surface area contributed by atoms with E-state index in [0.717, 1.165) is 10.5 Å². The quantitative estimate of drug-likeness (QED) is 0.801. The van der Waals surface area contributed by atoms with E-state index in [4.69, 9.17) is 0 Å². The maximum absolute atomic E-state index is 11.9. The Hall–Kier alpha value is -1.41. The van der Waals surface area contributed by atoms with Gasteiger partial charge in [0.15, 0.2) is 0 Å². The topological polar surface area (TPSA) is 17.1 Å². The van der Waals surface area contributed by atoms with Gasteiger partial charge >= 0.3 is 0 Å². The van der Waals surface area contributed by atoms with E-state index in [1.165, 1.54) is 5.56 Å². The van der Waals surface area contributed by atoms with Crippen LogP contribution in [0.1, 0.15) is 13.8 Å². The van der Waals surface area contributed by atoms with Gasteiger partial charge in [-0.3, -0.25) is 4.21 Å². The summed E-state index contributed by atoms with van der Waals surface area (Å²) in [5, 5.41) is 0.164. The van der Waals surface area contributed by atoms with Gasteiger partial charge in [-0.1, -0.05) is 56.3 Å². The van der Waals surface area contributed by atoms with E-state index in [9.17, 15) is 4.21 Å². The molecular weight excluding hydrogens is 228 g/mol. The first-order valence-corrected chi connectivity index (χ1v) is 6.96. The molecule has 0 amide bonds. The van der Waals surface area contributed by atoms with Gasteiger partial charge in [-0.05, 0) is 23.3 Å². The fourth-order valence-electron chi connectivity index (χ4n) is 1.68. The Balaban J connectivity index is 2.28. The number of benzene rings is 2. The molecule has 0 spiro atoms. The Labute approximate surface area is 105 Å². The van der Waals surface area contributed by atoms with Crippen LogP contribution in [0.4, 0.5) is 0 Å². The van der Waals surface area contributed by atoms with E-state index in [1.54, 1.807) is 0 Å². The first kappa shape index (κ1) is 12.1. The Bertz CT molecular complexity index is 500. The Kier molecular flexibility index (Phi) is 3.75. The molecule has 0 aliphatic carbocycles. The van der Waals surface area contributed by atoms with Crippen molar-refractivity contribution in [1.82, 2.24) is 0 Å². The molecule has 2 heteroatoms. The van der Waals surface area contributed by atoms with Gasteiger partial charge in [-0.2, -0.15) is 0 Å². The summed E-state index contributed by atoms with van der Waals surface area (Å²) in [4.78, 5) is 0.902. The molecule has 0 N–H and O–H groups in total. The normalized spacial score (nSPS) is 12.6. The average molecular weight is 244 g/mol. The fraction of sp³-hybridized carbons (Fsp3) is 0.200. The minimum Gasteiger partial charge on any atom is -0.254 e. The van der Waals surface area contributed by atoms with Crippen molar-refractivity contribution in [3.8, 4) is 11.1 Å². The van der Waals surface area contributed by atoms with Crippen LogP contribution in [-0.2, 0) is 10.8 Å². The first-order chi connectivity index (χ1) is 8.18. The smallest absolute Gasteiger partial charge is 0.0555 e. The van der Waals surface area contributed by atoms with E-state index < -0.39 is 10.8 Å². The zero-order valence-corrected chi connectivity index (χ0v) is 10.9. The SMILES string of the molecule is CC(C)S(=O)c1ccc(-c2ccccc2)cc1. The lowest BCUT2D eigenvalue weighted by atomic mass is 10.1. The highest BCUT2D eigenvalue weighted by atomic mass is 32.2. The van der Waals surface area contributed by atoms with Crippen molar-refractivity contribution >= 4 is 10.8 Å². The van der Waals surface area contributed by atoms with Gasteiger partial charge in [0, 0.05) is 10.1 Å². The largest absolute Gasteiger partial charge is 0.254 e. The molecule has 2 rings (SSSR count). The van der Waals surface area contributed by atoms with E-state index >= 15 is 0 Å². The second-order valence-corrected chi connectivity index (χ2v) is 6.25. The lowest BCUT2D eigenvalue weighted by Gasteiger charge is -2.07. The Morgan fingerprint density at radius 1 is 0.824 bits per heavy atom. The van der Waals surface area contributed by atoms with Crippen LogP contribution >= 0.6 is 0 Å². The van der Waals surface area contributed by atoms with E-state index in [1.807, 2.05) is 56.3 Å². The molecule has 0 saturated carbocycles. The van der Waals surface area contributed by atoms with Gasteiger partial charge in [0.05, 0.1) is 10.8 Å². The second kappa shape index (κ2) is 5.28. The molecule has 0 aliphatic rings. The zero-order chi connectivity index (χ0) is 12.3. The molecule has 0 radical (unpaired) electrons. The molecule has 2 aromatic rings. The van der Waals surface area contributed by atoms with Gasteiger partial charge < -0.3 is 0 Å². The van der Waals surface area contributed by atoms with E-state index in [0.29, 0.717) is 0 Å². The van der Waals surface area contributed by atoms with Crippen LogP contribution in [-0.4, -0.2) is 9.46 Å². The zero-order valence-electron chi connectivity index (χ0n) is 10.1. The molecule has 0 aromatic heterocycles.